The molecule has 0 unspecified atom stereocenters. The van der Waals surface area contributed by atoms with E-state index >= 15 is 0 Å². The summed E-state index contributed by atoms with van der Waals surface area (Å²) in [6.07, 6.45) is 5.76. The SMILES string of the molecule is O=c1[nH]c(O)c(C=c2cnn3c(=NC4CC4)nc(NCCCO)nc23)[nH]1. The summed E-state index contributed by atoms with van der Waals surface area (Å²) < 4.78 is 1.53. The van der Waals surface area contributed by atoms with E-state index in [0.29, 0.717) is 35.4 Å². The first-order chi connectivity index (χ1) is 12.6. The third kappa shape index (κ3) is 3.28. The summed E-state index contributed by atoms with van der Waals surface area (Å²) in [4.78, 5) is 29.5. The second-order valence-corrected chi connectivity index (χ2v) is 6.03. The van der Waals surface area contributed by atoms with Gasteiger partial charge in [-0.05, 0) is 25.3 Å². The van der Waals surface area contributed by atoms with E-state index in [-0.39, 0.29) is 24.2 Å². The number of fused-ring (bicyclic) bond motifs is 1. The van der Waals surface area contributed by atoms with Crippen molar-refractivity contribution in [3.05, 3.63) is 33.2 Å². The van der Waals surface area contributed by atoms with Crippen LogP contribution in [0.3, 0.4) is 0 Å². The Morgan fingerprint density at radius 1 is 1.38 bits per heavy atom. The third-order valence-electron chi connectivity index (χ3n) is 3.88. The van der Waals surface area contributed by atoms with Gasteiger partial charge in [0.25, 0.3) is 5.62 Å². The van der Waals surface area contributed by atoms with Gasteiger partial charge < -0.3 is 20.5 Å². The molecule has 26 heavy (non-hydrogen) atoms. The maximum absolute atomic E-state index is 11.3. The molecule has 3 aromatic heterocycles. The molecule has 1 aliphatic rings. The number of aliphatic hydroxyl groups is 1. The number of nitrogens with zero attached hydrogens (tertiary/aromatic N) is 5. The molecule has 0 bridgehead atoms. The van der Waals surface area contributed by atoms with Gasteiger partial charge in [-0.2, -0.15) is 19.6 Å². The number of imidazole rings is 1. The molecule has 1 aliphatic carbocycles. The average Bonchev–Trinajstić information content (AvgIpc) is 3.24. The lowest BCUT2D eigenvalue weighted by Gasteiger charge is -2.04. The molecule has 11 heteroatoms. The molecule has 5 N–H and O–H groups in total. The topological polar surface area (TPSA) is 157 Å². The number of aromatic hydroxyl groups is 1. The Bertz CT molecular complexity index is 1110. The fourth-order valence-corrected chi connectivity index (χ4v) is 2.44. The highest BCUT2D eigenvalue weighted by atomic mass is 16.3. The van der Waals surface area contributed by atoms with Crippen molar-refractivity contribution in [3.8, 4) is 5.88 Å². The molecule has 11 nitrogen and oxygen atoms in total. The molecular weight excluding hydrogens is 340 g/mol. The molecule has 1 fully saturated rings. The van der Waals surface area contributed by atoms with Crippen molar-refractivity contribution in [3.63, 3.8) is 0 Å². The van der Waals surface area contributed by atoms with E-state index in [4.69, 9.17) is 5.11 Å². The number of anilines is 1. The van der Waals surface area contributed by atoms with Gasteiger partial charge in [0.05, 0.1) is 12.2 Å². The highest BCUT2D eigenvalue weighted by molar-refractivity contribution is 5.57. The third-order valence-corrected chi connectivity index (χ3v) is 3.88. The van der Waals surface area contributed by atoms with E-state index in [1.165, 1.54) is 4.52 Å². The minimum Gasteiger partial charge on any atom is -0.493 e. The number of hydrogen-bond acceptors (Lipinski definition) is 8. The molecule has 1 saturated carbocycles. The van der Waals surface area contributed by atoms with Crippen LogP contribution in [0.2, 0.25) is 0 Å². The largest absolute Gasteiger partial charge is 0.493 e. The number of nitrogens with one attached hydrogen (secondary N) is 3. The lowest BCUT2D eigenvalue weighted by atomic mass is 10.3. The Hall–Kier alpha value is -3.21. The monoisotopic (exact) mass is 358 g/mol. The predicted molar refractivity (Wildman–Crippen MR) is 91.4 cm³/mol. The molecule has 0 spiro atoms. The van der Waals surface area contributed by atoms with Gasteiger partial charge in [0.1, 0.15) is 5.69 Å². The minimum atomic E-state index is -0.504. The van der Waals surface area contributed by atoms with E-state index in [9.17, 15) is 9.90 Å². The van der Waals surface area contributed by atoms with Crippen LogP contribution in [0, 0.1) is 0 Å². The number of hydrogen-bond donors (Lipinski definition) is 5. The Labute approximate surface area is 146 Å². The Kier molecular flexibility index (Phi) is 4.13. The van der Waals surface area contributed by atoms with Crippen LogP contribution in [0.15, 0.2) is 16.0 Å². The molecule has 0 aromatic carbocycles. The Balaban J connectivity index is 1.85. The van der Waals surface area contributed by atoms with Crippen molar-refractivity contribution in [1.29, 1.82) is 0 Å². The molecular formula is C15H18N8O3. The van der Waals surface area contributed by atoms with Gasteiger partial charge >= 0.3 is 5.69 Å². The molecule has 3 aromatic rings. The minimum absolute atomic E-state index is 0.0698. The van der Waals surface area contributed by atoms with Crippen molar-refractivity contribution in [2.24, 2.45) is 4.99 Å². The van der Waals surface area contributed by atoms with Crippen molar-refractivity contribution >= 4 is 17.7 Å². The van der Waals surface area contributed by atoms with Crippen LogP contribution in [0.4, 0.5) is 5.95 Å². The van der Waals surface area contributed by atoms with Gasteiger partial charge in [-0.15, -0.1) is 0 Å². The maximum Gasteiger partial charge on any atom is 0.326 e. The molecule has 0 radical (unpaired) electrons. The summed E-state index contributed by atoms with van der Waals surface area (Å²) in [5.74, 6) is 0.125. The van der Waals surface area contributed by atoms with Crippen molar-refractivity contribution in [2.75, 3.05) is 18.5 Å². The summed E-state index contributed by atoms with van der Waals surface area (Å²) in [5, 5.41) is 26.6. The Morgan fingerprint density at radius 2 is 2.23 bits per heavy atom. The van der Waals surface area contributed by atoms with Crippen LogP contribution in [-0.2, 0) is 0 Å². The molecule has 0 aliphatic heterocycles. The summed E-state index contributed by atoms with van der Waals surface area (Å²) in [6.45, 7) is 0.592. The molecule has 3 heterocycles. The van der Waals surface area contributed by atoms with Gasteiger partial charge in [-0.1, -0.05) is 0 Å². The number of rotatable bonds is 6. The first-order valence-electron chi connectivity index (χ1n) is 8.31. The summed E-state index contributed by atoms with van der Waals surface area (Å²) in [6, 6.07) is 0.250. The van der Waals surface area contributed by atoms with Gasteiger partial charge in [0.2, 0.25) is 11.8 Å². The van der Waals surface area contributed by atoms with E-state index in [0.717, 1.165) is 12.8 Å². The lowest BCUT2D eigenvalue weighted by Crippen LogP contribution is -2.25. The highest BCUT2D eigenvalue weighted by Gasteiger charge is 2.20. The van der Waals surface area contributed by atoms with Crippen molar-refractivity contribution in [2.45, 2.75) is 25.3 Å². The van der Waals surface area contributed by atoms with E-state index in [1.54, 1.807) is 12.3 Å². The van der Waals surface area contributed by atoms with Gasteiger partial charge in [0, 0.05) is 18.4 Å². The number of H-pyrrole nitrogens is 2. The van der Waals surface area contributed by atoms with Crippen LogP contribution >= 0.6 is 0 Å². The predicted octanol–water partition coefficient (Wildman–Crippen LogP) is -1.75. The zero-order valence-corrected chi connectivity index (χ0v) is 13.8. The van der Waals surface area contributed by atoms with E-state index in [1.807, 2.05) is 0 Å². The zero-order chi connectivity index (χ0) is 18.1. The van der Waals surface area contributed by atoms with Crippen molar-refractivity contribution in [1.82, 2.24) is 29.5 Å². The second kappa shape index (κ2) is 6.59. The standard InChI is InChI=1S/C15H18N8O3/c24-5-1-4-16-13-20-11-8(6-10-12(25)21-15(26)19-10)7-17-23(11)14(22-13)18-9-2-3-9/h6-7,9,24-25H,1-5H2,(H,16,18,22)(H2,19,21,26). The molecule has 0 atom stereocenters. The van der Waals surface area contributed by atoms with E-state index < -0.39 is 5.69 Å². The Morgan fingerprint density at radius 3 is 2.92 bits per heavy atom. The number of aliphatic hydroxyl groups excluding tert-OH is 1. The van der Waals surface area contributed by atoms with E-state index in [2.05, 4.69) is 35.3 Å². The summed E-state index contributed by atoms with van der Waals surface area (Å²) in [7, 11) is 0. The fourth-order valence-electron chi connectivity index (χ4n) is 2.44. The second-order valence-electron chi connectivity index (χ2n) is 6.03. The normalized spacial score (nSPS) is 15.9. The first kappa shape index (κ1) is 16.3. The quantitative estimate of drug-likeness (QED) is 0.327. The lowest BCUT2D eigenvalue weighted by molar-refractivity contribution is 0.292. The van der Waals surface area contributed by atoms with Gasteiger partial charge in [-0.25, -0.2) is 9.79 Å². The molecule has 4 rings (SSSR count). The smallest absolute Gasteiger partial charge is 0.326 e. The van der Waals surface area contributed by atoms with Crippen LogP contribution in [0.25, 0.3) is 11.7 Å². The van der Waals surface area contributed by atoms with Crippen LogP contribution in [0.5, 0.6) is 5.88 Å². The highest BCUT2D eigenvalue weighted by Crippen LogP contribution is 2.22. The van der Waals surface area contributed by atoms with Crippen LogP contribution < -0.4 is 21.8 Å². The van der Waals surface area contributed by atoms with Crippen LogP contribution in [0.1, 0.15) is 25.0 Å². The van der Waals surface area contributed by atoms with Gasteiger partial charge in [-0.3, -0.25) is 4.98 Å². The van der Waals surface area contributed by atoms with Crippen molar-refractivity contribution < 1.29 is 10.2 Å². The average molecular weight is 358 g/mol. The first-order valence-corrected chi connectivity index (χ1v) is 8.31. The van der Waals surface area contributed by atoms with Gasteiger partial charge in [0.15, 0.2) is 5.65 Å². The number of aromatic nitrogens is 6. The molecule has 0 saturated heterocycles. The fraction of sp³-hybridized carbons (Fsp3) is 0.400. The summed E-state index contributed by atoms with van der Waals surface area (Å²) in [5.41, 5.74) is 0.664. The zero-order valence-electron chi connectivity index (χ0n) is 13.8. The van der Waals surface area contributed by atoms with Crippen LogP contribution in [-0.4, -0.2) is 59.0 Å². The molecule has 0 amide bonds. The number of aromatic amines is 2. The maximum atomic E-state index is 11.3. The molecule has 136 valence electrons. The summed E-state index contributed by atoms with van der Waals surface area (Å²) >= 11 is 0.